The molecule has 2 amide bonds. The zero-order chi connectivity index (χ0) is 26.7. The van der Waals surface area contributed by atoms with Crippen molar-refractivity contribution in [3.8, 4) is 0 Å². The number of rotatable bonds is 7. The quantitative estimate of drug-likeness (QED) is 0.533. The number of amides is 2. The summed E-state index contributed by atoms with van der Waals surface area (Å²) in [4.78, 5) is 40.0. The summed E-state index contributed by atoms with van der Waals surface area (Å²) in [5.74, 6) is -1.42. The van der Waals surface area contributed by atoms with Crippen molar-refractivity contribution in [3.63, 3.8) is 0 Å². The van der Waals surface area contributed by atoms with Crippen LogP contribution >= 0.6 is 11.6 Å². The minimum Gasteiger partial charge on any atom is -0.465 e. The fraction of sp³-hybridized carbons (Fsp3) is 0.464. The lowest BCUT2D eigenvalue weighted by Gasteiger charge is -2.51. The predicted molar refractivity (Wildman–Crippen MR) is 139 cm³/mol. The van der Waals surface area contributed by atoms with Crippen molar-refractivity contribution in [3.05, 3.63) is 70.2 Å². The molecule has 1 fully saturated rings. The first kappa shape index (κ1) is 27.7. The number of likely N-dealkylation sites (tertiary alicyclic amines) is 1. The molecule has 3 rings (SSSR count). The zero-order valence-corrected chi connectivity index (χ0v) is 22.3. The van der Waals surface area contributed by atoms with Gasteiger partial charge in [-0.1, -0.05) is 57.5 Å². The van der Waals surface area contributed by atoms with Gasteiger partial charge in [0.1, 0.15) is 0 Å². The largest absolute Gasteiger partial charge is 0.465 e. The van der Waals surface area contributed by atoms with E-state index >= 15 is 0 Å². The molecule has 194 valence electrons. The van der Waals surface area contributed by atoms with Gasteiger partial charge in [-0.05, 0) is 48.7 Å². The SMILES string of the molecule is CCC(NC(=O)c1cccc(C(=O)OC)c1)C(C)C(=O)N1CC[C@](O)(c2ccc(Cl)cc2)C(C)(C)C1. The Kier molecular flexibility index (Phi) is 8.47. The van der Waals surface area contributed by atoms with E-state index in [2.05, 4.69) is 5.32 Å². The molecule has 0 bridgehead atoms. The van der Waals surface area contributed by atoms with Crippen LogP contribution in [0.25, 0.3) is 0 Å². The molecular weight excluding hydrogens is 480 g/mol. The van der Waals surface area contributed by atoms with Crippen molar-refractivity contribution in [2.24, 2.45) is 11.3 Å². The lowest BCUT2D eigenvalue weighted by Crippen LogP contribution is -2.58. The first-order valence-electron chi connectivity index (χ1n) is 12.2. The summed E-state index contributed by atoms with van der Waals surface area (Å²) in [7, 11) is 1.29. The third-order valence-corrected chi connectivity index (χ3v) is 7.63. The highest BCUT2D eigenvalue weighted by atomic mass is 35.5. The van der Waals surface area contributed by atoms with E-state index < -0.39 is 28.9 Å². The van der Waals surface area contributed by atoms with Gasteiger partial charge >= 0.3 is 5.97 Å². The average Bonchev–Trinajstić information content (AvgIpc) is 2.87. The molecule has 0 saturated carbocycles. The molecule has 2 unspecified atom stereocenters. The van der Waals surface area contributed by atoms with Crippen molar-refractivity contribution >= 4 is 29.4 Å². The number of aliphatic hydroxyl groups is 1. The summed E-state index contributed by atoms with van der Waals surface area (Å²) < 4.78 is 4.73. The van der Waals surface area contributed by atoms with E-state index in [4.69, 9.17) is 16.3 Å². The molecule has 1 heterocycles. The highest BCUT2D eigenvalue weighted by Gasteiger charge is 2.50. The molecule has 1 aliphatic rings. The molecule has 3 atom stereocenters. The zero-order valence-electron chi connectivity index (χ0n) is 21.5. The van der Waals surface area contributed by atoms with Crippen LogP contribution in [-0.4, -0.2) is 54.0 Å². The molecular formula is C28H35ClN2O5. The fourth-order valence-electron chi connectivity index (χ4n) is 4.97. The molecule has 0 radical (unpaired) electrons. The number of ether oxygens (including phenoxy) is 1. The van der Waals surface area contributed by atoms with Gasteiger partial charge in [0.2, 0.25) is 5.91 Å². The number of esters is 1. The van der Waals surface area contributed by atoms with E-state index in [0.29, 0.717) is 36.5 Å². The molecule has 1 aliphatic heterocycles. The third kappa shape index (κ3) is 5.57. The van der Waals surface area contributed by atoms with Gasteiger partial charge in [0.25, 0.3) is 5.91 Å². The number of nitrogens with one attached hydrogen (secondary N) is 1. The second kappa shape index (κ2) is 11.0. The standard InChI is InChI=1S/C28H35ClN2O5/c1-6-23(30-24(32)19-8-7-9-20(16-19)26(34)36-5)18(2)25(33)31-15-14-28(35,27(3,4)17-31)21-10-12-22(29)13-11-21/h7-13,16,18,23,35H,6,14-15,17H2,1-5H3,(H,30,32)/t18?,23?,28-/m0/s1. The van der Waals surface area contributed by atoms with Gasteiger partial charge in [-0.3, -0.25) is 9.59 Å². The minimum atomic E-state index is -1.10. The van der Waals surface area contributed by atoms with E-state index in [9.17, 15) is 19.5 Å². The molecule has 2 N–H and O–H groups in total. The smallest absolute Gasteiger partial charge is 0.337 e. The Bertz CT molecular complexity index is 1120. The van der Waals surface area contributed by atoms with Crippen LogP contribution in [0.3, 0.4) is 0 Å². The predicted octanol–water partition coefficient (Wildman–Crippen LogP) is 4.42. The lowest BCUT2D eigenvalue weighted by molar-refractivity contribution is -0.156. The van der Waals surface area contributed by atoms with Crippen molar-refractivity contribution in [2.75, 3.05) is 20.2 Å². The maximum Gasteiger partial charge on any atom is 0.337 e. The van der Waals surface area contributed by atoms with Gasteiger partial charge < -0.3 is 20.1 Å². The van der Waals surface area contributed by atoms with Gasteiger partial charge in [-0.15, -0.1) is 0 Å². The maximum absolute atomic E-state index is 13.5. The Morgan fingerprint density at radius 3 is 2.36 bits per heavy atom. The van der Waals surface area contributed by atoms with Gasteiger partial charge in [0.05, 0.1) is 24.2 Å². The number of methoxy groups -OCH3 is 1. The Morgan fingerprint density at radius 1 is 1.14 bits per heavy atom. The number of hydrogen-bond donors (Lipinski definition) is 2. The van der Waals surface area contributed by atoms with Crippen molar-refractivity contribution in [1.82, 2.24) is 10.2 Å². The Morgan fingerprint density at radius 2 is 1.78 bits per heavy atom. The van der Waals surface area contributed by atoms with Crippen LogP contribution < -0.4 is 5.32 Å². The highest BCUT2D eigenvalue weighted by Crippen LogP contribution is 2.46. The van der Waals surface area contributed by atoms with Crippen molar-refractivity contribution in [1.29, 1.82) is 0 Å². The summed E-state index contributed by atoms with van der Waals surface area (Å²) >= 11 is 6.03. The van der Waals surface area contributed by atoms with Crippen molar-refractivity contribution in [2.45, 2.75) is 52.2 Å². The fourth-order valence-corrected chi connectivity index (χ4v) is 5.09. The molecule has 1 saturated heterocycles. The van der Waals surface area contributed by atoms with Gasteiger partial charge in [0.15, 0.2) is 0 Å². The molecule has 7 nitrogen and oxygen atoms in total. The molecule has 2 aromatic carbocycles. The first-order valence-corrected chi connectivity index (χ1v) is 12.6. The summed E-state index contributed by atoms with van der Waals surface area (Å²) in [6.07, 6.45) is 0.949. The molecule has 8 heteroatoms. The van der Waals surface area contributed by atoms with E-state index in [1.807, 2.05) is 39.8 Å². The molecule has 0 aromatic heterocycles. The van der Waals surface area contributed by atoms with Crippen molar-refractivity contribution < 1.29 is 24.2 Å². The van der Waals surface area contributed by atoms with Crippen LogP contribution in [0.5, 0.6) is 0 Å². The van der Waals surface area contributed by atoms with Crippen LogP contribution in [0, 0.1) is 11.3 Å². The number of benzene rings is 2. The number of halogens is 1. The van der Waals surface area contributed by atoms with Crippen LogP contribution in [-0.2, 0) is 15.1 Å². The molecule has 0 spiro atoms. The number of carbonyl (C=O) groups is 3. The highest BCUT2D eigenvalue weighted by molar-refractivity contribution is 6.30. The second-order valence-electron chi connectivity index (χ2n) is 10.1. The van der Waals surface area contributed by atoms with Gasteiger partial charge in [0, 0.05) is 35.1 Å². The van der Waals surface area contributed by atoms with Gasteiger partial charge in [-0.25, -0.2) is 4.79 Å². The first-order chi connectivity index (χ1) is 16.9. The maximum atomic E-state index is 13.5. The number of hydrogen-bond acceptors (Lipinski definition) is 5. The van der Waals surface area contributed by atoms with E-state index in [1.54, 1.807) is 35.2 Å². The van der Waals surface area contributed by atoms with E-state index in [0.717, 1.165) is 5.56 Å². The van der Waals surface area contributed by atoms with Gasteiger partial charge in [-0.2, -0.15) is 0 Å². The molecule has 36 heavy (non-hydrogen) atoms. The Balaban J connectivity index is 1.71. The summed E-state index contributed by atoms with van der Waals surface area (Å²) in [6.45, 7) is 8.42. The Hall–Kier alpha value is -2.90. The normalized spacial score (nSPS) is 20.8. The number of piperidine rings is 1. The van der Waals surface area contributed by atoms with Crippen LogP contribution in [0.4, 0.5) is 0 Å². The van der Waals surface area contributed by atoms with Crippen LogP contribution in [0.15, 0.2) is 48.5 Å². The Labute approximate surface area is 217 Å². The van der Waals surface area contributed by atoms with E-state index in [-0.39, 0.29) is 17.4 Å². The van der Waals surface area contributed by atoms with Crippen LogP contribution in [0.1, 0.15) is 66.8 Å². The van der Waals surface area contributed by atoms with Crippen LogP contribution in [0.2, 0.25) is 5.02 Å². The summed E-state index contributed by atoms with van der Waals surface area (Å²) in [6, 6.07) is 13.1. The topological polar surface area (TPSA) is 95.9 Å². The van der Waals surface area contributed by atoms with E-state index in [1.165, 1.54) is 13.2 Å². The number of nitrogens with zero attached hydrogens (tertiary/aromatic N) is 1. The third-order valence-electron chi connectivity index (χ3n) is 7.38. The second-order valence-corrected chi connectivity index (χ2v) is 10.5. The summed E-state index contributed by atoms with van der Waals surface area (Å²) in [5.41, 5.74) is -0.312. The molecule has 2 aromatic rings. The number of carbonyl (C=O) groups excluding carboxylic acids is 3. The molecule has 0 aliphatic carbocycles. The minimum absolute atomic E-state index is 0.0725. The average molecular weight is 515 g/mol. The lowest BCUT2D eigenvalue weighted by atomic mass is 9.66. The summed E-state index contributed by atoms with van der Waals surface area (Å²) in [5, 5.41) is 15.2. The monoisotopic (exact) mass is 514 g/mol.